The molecule has 0 aromatic heterocycles. The molecule has 0 radical (unpaired) electrons. The number of nitrogens with one attached hydrogen (secondary N) is 1. The van der Waals surface area contributed by atoms with Gasteiger partial charge in [-0.1, -0.05) is 0 Å². The normalized spacial score (nSPS) is 15.5. The highest BCUT2D eigenvalue weighted by Gasteiger charge is 2.22. The first-order valence-corrected chi connectivity index (χ1v) is 5.29. The Morgan fingerprint density at radius 3 is 2.87 bits per heavy atom. The first-order valence-electron chi connectivity index (χ1n) is 4.14. The molecule has 1 aliphatic rings. The summed E-state index contributed by atoms with van der Waals surface area (Å²) >= 11 is 1.44. The molecule has 1 aliphatic heterocycles. The fourth-order valence-corrected chi connectivity index (χ4v) is 1.84. The van der Waals surface area contributed by atoms with Crippen LogP contribution in [-0.2, 0) is 19.2 Å². The molecule has 0 atom stereocenters. The second-order valence-electron chi connectivity index (χ2n) is 2.85. The van der Waals surface area contributed by atoms with E-state index < -0.39 is 11.8 Å². The van der Waals surface area contributed by atoms with E-state index in [9.17, 15) is 14.4 Å². The number of primary amides is 1. The van der Waals surface area contributed by atoms with E-state index >= 15 is 0 Å². The topological polar surface area (TPSA) is 102 Å². The van der Waals surface area contributed by atoms with Gasteiger partial charge in [-0.05, 0) is 0 Å². The van der Waals surface area contributed by atoms with Crippen LogP contribution in [0.25, 0.3) is 0 Å². The number of hydroxylamine groups is 1. The van der Waals surface area contributed by atoms with E-state index in [4.69, 9.17) is 5.73 Å². The van der Waals surface area contributed by atoms with Crippen LogP contribution in [0.5, 0.6) is 0 Å². The fraction of sp³-hybridized carbons (Fsp3) is 0.571. The Balaban J connectivity index is 2.18. The molecule has 7 nitrogen and oxygen atoms in total. The molecular formula is C7H11N3O4S. The van der Waals surface area contributed by atoms with Crippen molar-refractivity contribution in [2.45, 2.75) is 0 Å². The van der Waals surface area contributed by atoms with Gasteiger partial charge in [0.1, 0.15) is 6.54 Å². The molecule has 1 heterocycles. The highest BCUT2D eigenvalue weighted by molar-refractivity contribution is 8.00. The second-order valence-corrected chi connectivity index (χ2v) is 3.80. The van der Waals surface area contributed by atoms with Crippen LogP contribution in [0.4, 0.5) is 0 Å². The predicted octanol–water partition coefficient (Wildman–Crippen LogP) is -1.95. The Morgan fingerprint density at radius 1 is 1.60 bits per heavy atom. The molecule has 0 unspecified atom stereocenters. The van der Waals surface area contributed by atoms with Crippen molar-refractivity contribution in [2.75, 3.05) is 24.8 Å². The Morgan fingerprint density at radius 2 is 2.33 bits per heavy atom. The van der Waals surface area contributed by atoms with E-state index in [-0.39, 0.29) is 19.1 Å². The molecule has 0 aromatic rings. The fourth-order valence-electron chi connectivity index (χ4n) is 0.934. The average Bonchev–Trinajstić information content (AvgIpc) is 2.51. The van der Waals surface area contributed by atoms with Crippen LogP contribution in [0.15, 0.2) is 0 Å². The lowest BCUT2D eigenvalue weighted by atomic mass is 10.5. The summed E-state index contributed by atoms with van der Waals surface area (Å²) in [6, 6.07) is 0. The Hall–Kier alpha value is -1.28. The molecule has 8 heteroatoms. The number of nitrogens with two attached hydrogens (primary N) is 1. The quantitative estimate of drug-likeness (QED) is 0.537. The average molecular weight is 233 g/mol. The van der Waals surface area contributed by atoms with E-state index in [1.807, 2.05) is 5.48 Å². The second kappa shape index (κ2) is 5.56. The summed E-state index contributed by atoms with van der Waals surface area (Å²) in [5, 5.41) is 0. The summed E-state index contributed by atoms with van der Waals surface area (Å²) in [5.41, 5.74) is 6.80. The van der Waals surface area contributed by atoms with Gasteiger partial charge in [0.2, 0.25) is 11.8 Å². The minimum Gasteiger partial charge on any atom is -0.368 e. The first kappa shape index (κ1) is 11.8. The smallest absolute Gasteiger partial charge is 0.263 e. The van der Waals surface area contributed by atoms with E-state index in [2.05, 4.69) is 4.84 Å². The van der Waals surface area contributed by atoms with Crippen molar-refractivity contribution in [1.29, 1.82) is 0 Å². The molecule has 84 valence electrons. The van der Waals surface area contributed by atoms with Crippen molar-refractivity contribution >= 4 is 29.5 Å². The molecule has 0 aromatic carbocycles. The number of carbonyl (C=O) groups is 3. The predicted molar refractivity (Wildman–Crippen MR) is 52.3 cm³/mol. The summed E-state index contributed by atoms with van der Waals surface area (Å²) in [5.74, 6) is -0.336. The minimum atomic E-state index is -0.678. The van der Waals surface area contributed by atoms with Crippen molar-refractivity contribution in [3.8, 4) is 0 Å². The van der Waals surface area contributed by atoms with Crippen LogP contribution >= 0.6 is 11.8 Å². The van der Waals surface area contributed by atoms with Gasteiger partial charge in [0.15, 0.2) is 6.61 Å². The molecular weight excluding hydrogens is 222 g/mol. The van der Waals surface area contributed by atoms with Crippen molar-refractivity contribution in [2.24, 2.45) is 5.73 Å². The number of thioether (sulfide) groups is 1. The first-order chi connectivity index (χ1) is 7.09. The number of amides is 3. The van der Waals surface area contributed by atoms with E-state index in [0.29, 0.717) is 11.6 Å². The number of hydrogen-bond acceptors (Lipinski definition) is 5. The molecule has 0 bridgehead atoms. The molecule has 1 saturated heterocycles. The lowest BCUT2D eigenvalue weighted by molar-refractivity contribution is -0.142. The van der Waals surface area contributed by atoms with Crippen LogP contribution in [-0.4, -0.2) is 47.4 Å². The zero-order valence-electron chi connectivity index (χ0n) is 7.89. The third-order valence-electron chi connectivity index (χ3n) is 1.56. The van der Waals surface area contributed by atoms with E-state index in [0.717, 1.165) is 0 Å². The molecule has 0 spiro atoms. The van der Waals surface area contributed by atoms with Gasteiger partial charge < -0.3 is 10.6 Å². The van der Waals surface area contributed by atoms with Gasteiger partial charge in [-0.2, -0.15) is 0 Å². The Bertz CT molecular complexity index is 283. The van der Waals surface area contributed by atoms with Crippen LogP contribution in [0.1, 0.15) is 0 Å². The zero-order valence-corrected chi connectivity index (χ0v) is 8.71. The molecule has 0 saturated carbocycles. The number of rotatable bonds is 5. The van der Waals surface area contributed by atoms with Gasteiger partial charge in [-0.25, -0.2) is 5.48 Å². The molecule has 1 rings (SSSR count). The van der Waals surface area contributed by atoms with Gasteiger partial charge in [-0.3, -0.25) is 19.2 Å². The largest absolute Gasteiger partial charge is 0.368 e. The summed E-state index contributed by atoms with van der Waals surface area (Å²) in [6.07, 6.45) is 0. The molecule has 3 amide bonds. The van der Waals surface area contributed by atoms with Gasteiger partial charge >= 0.3 is 0 Å². The molecule has 0 aliphatic carbocycles. The molecule has 3 N–H and O–H groups in total. The SMILES string of the molecule is NC(=O)CONC(=O)CN1CSCC1=O. The zero-order chi connectivity index (χ0) is 11.3. The Kier molecular flexibility index (Phi) is 4.37. The molecule has 15 heavy (non-hydrogen) atoms. The number of carbonyl (C=O) groups excluding carboxylic acids is 3. The third-order valence-corrected chi connectivity index (χ3v) is 2.51. The maximum Gasteiger partial charge on any atom is 0.263 e. The highest BCUT2D eigenvalue weighted by atomic mass is 32.2. The van der Waals surface area contributed by atoms with E-state index in [1.165, 1.54) is 16.7 Å². The maximum atomic E-state index is 11.1. The van der Waals surface area contributed by atoms with Crippen LogP contribution in [0.2, 0.25) is 0 Å². The van der Waals surface area contributed by atoms with Crippen LogP contribution < -0.4 is 11.2 Å². The van der Waals surface area contributed by atoms with E-state index in [1.54, 1.807) is 0 Å². The van der Waals surface area contributed by atoms with Crippen molar-refractivity contribution in [3.05, 3.63) is 0 Å². The van der Waals surface area contributed by atoms with Gasteiger partial charge in [0, 0.05) is 0 Å². The van der Waals surface area contributed by atoms with Crippen molar-refractivity contribution in [1.82, 2.24) is 10.4 Å². The summed E-state index contributed by atoms with van der Waals surface area (Å²) in [6.45, 7) is -0.445. The summed E-state index contributed by atoms with van der Waals surface area (Å²) < 4.78 is 0. The third kappa shape index (κ3) is 4.17. The molecule has 1 fully saturated rings. The lowest BCUT2D eigenvalue weighted by Gasteiger charge is -2.13. The lowest BCUT2D eigenvalue weighted by Crippen LogP contribution is -2.39. The van der Waals surface area contributed by atoms with Crippen molar-refractivity contribution < 1.29 is 19.2 Å². The van der Waals surface area contributed by atoms with Gasteiger partial charge in [0.05, 0.1) is 11.6 Å². The van der Waals surface area contributed by atoms with Gasteiger partial charge in [0.25, 0.3) is 5.91 Å². The number of hydrogen-bond donors (Lipinski definition) is 2. The maximum absolute atomic E-state index is 11.1. The van der Waals surface area contributed by atoms with Crippen LogP contribution in [0, 0.1) is 0 Å². The summed E-state index contributed by atoms with van der Waals surface area (Å²) in [4.78, 5) is 38.4. The summed E-state index contributed by atoms with van der Waals surface area (Å²) in [7, 11) is 0. The highest BCUT2D eigenvalue weighted by Crippen LogP contribution is 2.13. The number of nitrogens with zero attached hydrogens (tertiary/aromatic N) is 1. The Labute approximate surface area is 90.2 Å². The van der Waals surface area contributed by atoms with Crippen LogP contribution in [0.3, 0.4) is 0 Å². The van der Waals surface area contributed by atoms with Gasteiger partial charge in [-0.15, -0.1) is 11.8 Å². The minimum absolute atomic E-state index is 0.0649. The monoisotopic (exact) mass is 233 g/mol. The van der Waals surface area contributed by atoms with Crippen molar-refractivity contribution in [3.63, 3.8) is 0 Å². The standard InChI is InChI=1S/C7H11N3O4S/c8-5(11)2-14-9-6(12)1-10-4-15-3-7(10)13/h1-4H2,(H2,8,11)(H,9,12).